The van der Waals surface area contributed by atoms with Gasteiger partial charge in [-0.3, -0.25) is 0 Å². The van der Waals surface area contributed by atoms with Crippen molar-refractivity contribution >= 4 is 0 Å². The lowest BCUT2D eigenvalue weighted by Gasteiger charge is -2.14. The summed E-state index contributed by atoms with van der Waals surface area (Å²) in [6.07, 6.45) is -0.284. The van der Waals surface area contributed by atoms with Crippen molar-refractivity contribution in [1.82, 2.24) is 10.6 Å². The monoisotopic (exact) mass is 224 g/mol. The number of aliphatic hydroxyl groups excluding tert-OH is 1. The summed E-state index contributed by atoms with van der Waals surface area (Å²) in [6, 6.07) is 6.74. The van der Waals surface area contributed by atoms with Crippen LogP contribution in [0.2, 0.25) is 0 Å². The minimum absolute atomic E-state index is 0.180. The number of β-amino-alcohol motifs (C(OH)–C–C–N with tert-alkyl or cyclic N) is 1. The van der Waals surface area contributed by atoms with Crippen LogP contribution in [0, 0.1) is 11.7 Å². The van der Waals surface area contributed by atoms with E-state index >= 15 is 0 Å². The molecule has 1 fully saturated rings. The zero-order valence-electron chi connectivity index (χ0n) is 9.12. The van der Waals surface area contributed by atoms with Crippen LogP contribution in [-0.4, -0.2) is 30.8 Å². The lowest BCUT2D eigenvalue weighted by atomic mass is 10.1. The third-order valence-corrected chi connectivity index (χ3v) is 2.98. The maximum atomic E-state index is 13.3. The first-order chi connectivity index (χ1) is 7.77. The predicted octanol–water partition coefficient (Wildman–Crippen LogP) is 0.496. The van der Waals surface area contributed by atoms with Gasteiger partial charge in [0.2, 0.25) is 0 Å². The Morgan fingerprint density at radius 1 is 1.38 bits per heavy atom. The summed E-state index contributed by atoms with van der Waals surface area (Å²) in [5, 5.41) is 15.9. The van der Waals surface area contributed by atoms with Crippen LogP contribution in [0.5, 0.6) is 0 Å². The van der Waals surface area contributed by atoms with Crippen molar-refractivity contribution in [3.05, 3.63) is 35.6 Å². The quantitative estimate of drug-likeness (QED) is 0.697. The molecule has 1 aromatic rings. The summed E-state index contributed by atoms with van der Waals surface area (Å²) in [5.41, 5.74) is 0.669. The summed E-state index contributed by atoms with van der Waals surface area (Å²) in [7, 11) is 0. The van der Waals surface area contributed by atoms with E-state index in [0.29, 0.717) is 25.2 Å². The van der Waals surface area contributed by atoms with Gasteiger partial charge in [-0.1, -0.05) is 18.2 Å². The Morgan fingerprint density at radius 2 is 2.19 bits per heavy atom. The highest BCUT2D eigenvalue weighted by molar-refractivity contribution is 5.16. The van der Waals surface area contributed by atoms with Crippen molar-refractivity contribution in [3.63, 3.8) is 0 Å². The van der Waals surface area contributed by atoms with Crippen molar-refractivity contribution in [2.75, 3.05) is 19.6 Å². The summed E-state index contributed by atoms with van der Waals surface area (Å²) in [5.74, 6) is 0.0480. The molecule has 3 nitrogen and oxygen atoms in total. The lowest BCUT2D eigenvalue weighted by Crippen LogP contribution is -2.30. The molecule has 2 rings (SSSR count). The first kappa shape index (κ1) is 11.5. The smallest absolute Gasteiger partial charge is 0.127 e. The van der Waals surface area contributed by atoms with Crippen LogP contribution in [0.25, 0.3) is 0 Å². The molecule has 0 aromatic heterocycles. The third-order valence-electron chi connectivity index (χ3n) is 2.98. The van der Waals surface area contributed by atoms with E-state index in [9.17, 15) is 9.50 Å². The number of nitrogens with one attached hydrogen (secondary N) is 2. The van der Waals surface area contributed by atoms with Crippen molar-refractivity contribution in [2.45, 2.75) is 12.6 Å². The Morgan fingerprint density at radius 3 is 2.88 bits per heavy atom. The van der Waals surface area contributed by atoms with E-state index in [1.807, 2.05) is 6.07 Å². The molecule has 1 heterocycles. The van der Waals surface area contributed by atoms with Crippen LogP contribution in [0.4, 0.5) is 4.39 Å². The van der Waals surface area contributed by atoms with Crippen LogP contribution in [-0.2, 0) is 6.54 Å². The average Bonchev–Trinajstić information content (AvgIpc) is 2.67. The molecule has 16 heavy (non-hydrogen) atoms. The fraction of sp³-hybridized carbons (Fsp3) is 0.500. The van der Waals surface area contributed by atoms with Gasteiger partial charge in [0.1, 0.15) is 5.82 Å². The molecule has 88 valence electrons. The first-order valence-corrected chi connectivity index (χ1v) is 5.60. The van der Waals surface area contributed by atoms with Gasteiger partial charge >= 0.3 is 0 Å². The SMILES string of the molecule is OC1CNCC1CNCc1ccccc1F. The van der Waals surface area contributed by atoms with Gasteiger partial charge in [-0.15, -0.1) is 0 Å². The topological polar surface area (TPSA) is 44.3 Å². The fourth-order valence-corrected chi connectivity index (χ4v) is 1.96. The predicted molar refractivity (Wildman–Crippen MR) is 60.5 cm³/mol. The van der Waals surface area contributed by atoms with E-state index in [4.69, 9.17) is 0 Å². The van der Waals surface area contributed by atoms with Crippen LogP contribution in [0.1, 0.15) is 5.56 Å². The third kappa shape index (κ3) is 2.78. The number of rotatable bonds is 4. The van der Waals surface area contributed by atoms with E-state index in [2.05, 4.69) is 10.6 Å². The summed E-state index contributed by atoms with van der Waals surface area (Å²) in [4.78, 5) is 0. The maximum Gasteiger partial charge on any atom is 0.127 e. The molecule has 4 heteroatoms. The number of aliphatic hydroxyl groups is 1. The van der Waals surface area contributed by atoms with E-state index in [-0.39, 0.29) is 17.8 Å². The summed E-state index contributed by atoms with van der Waals surface area (Å²) in [6.45, 7) is 2.70. The van der Waals surface area contributed by atoms with Gasteiger partial charge in [0, 0.05) is 37.7 Å². The van der Waals surface area contributed by atoms with Gasteiger partial charge < -0.3 is 15.7 Å². The van der Waals surface area contributed by atoms with E-state index in [0.717, 1.165) is 6.54 Å². The molecule has 1 saturated heterocycles. The van der Waals surface area contributed by atoms with Crippen molar-refractivity contribution < 1.29 is 9.50 Å². The van der Waals surface area contributed by atoms with Crippen LogP contribution < -0.4 is 10.6 Å². The largest absolute Gasteiger partial charge is 0.391 e. The van der Waals surface area contributed by atoms with Crippen LogP contribution in [0.15, 0.2) is 24.3 Å². The number of halogens is 1. The molecule has 1 aliphatic rings. The Labute approximate surface area is 94.7 Å². The molecule has 1 aliphatic heterocycles. The van der Waals surface area contributed by atoms with E-state index in [1.54, 1.807) is 12.1 Å². The Bertz CT molecular complexity index is 346. The van der Waals surface area contributed by atoms with E-state index < -0.39 is 0 Å². The Balaban J connectivity index is 1.78. The average molecular weight is 224 g/mol. The van der Waals surface area contributed by atoms with Gasteiger partial charge in [-0.2, -0.15) is 0 Å². The summed E-state index contributed by atoms with van der Waals surface area (Å²) < 4.78 is 13.3. The fourth-order valence-electron chi connectivity index (χ4n) is 1.96. The number of hydrogen-bond acceptors (Lipinski definition) is 3. The van der Waals surface area contributed by atoms with Crippen LogP contribution >= 0.6 is 0 Å². The second-order valence-electron chi connectivity index (χ2n) is 4.21. The lowest BCUT2D eigenvalue weighted by molar-refractivity contribution is 0.146. The summed E-state index contributed by atoms with van der Waals surface area (Å²) >= 11 is 0. The highest BCUT2D eigenvalue weighted by Crippen LogP contribution is 2.09. The molecule has 1 aromatic carbocycles. The molecule has 2 atom stereocenters. The molecule has 0 amide bonds. The minimum Gasteiger partial charge on any atom is -0.391 e. The Kier molecular flexibility index (Phi) is 3.88. The second kappa shape index (κ2) is 5.39. The van der Waals surface area contributed by atoms with Gasteiger partial charge in [0.25, 0.3) is 0 Å². The van der Waals surface area contributed by atoms with Crippen molar-refractivity contribution in [2.24, 2.45) is 5.92 Å². The van der Waals surface area contributed by atoms with Crippen molar-refractivity contribution in [3.8, 4) is 0 Å². The molecule has 3 N–H and O–H groups in total. The second-order valence-corrected chi connectivity index (χ2v) is 4.21. The van der Waals surface area contributed by atoms with Crippen molar-refractivity contribution in [1.29, 1.82) is 0 Å². The number of benzene rings is 1. The highest BCUT2D eigenvalue weighted by atomic mass is 19.1. The van der Waals surface area contributed by atoms with Gasteiger partial charge in [-0.05, 0) is 6.07 Å². The van der Waals surface area contributed by atoms with Gasteiger partial charge in [-0.25, -0.2) is 4.39 Å². The number of hydrogen-bond donors (Lipinski definition) is 3. The Hall–Kier alpha value is -0.970. The zero-order valence-corrected chi connectivity index (χ0v) is 9.12. The molecule has 0 spiro atoms. The molecular weight excluding hydrogens is 207 g/mol. The normalized spacial score (nSPS) is 24.9. The molecule has 2 unspecified atom stereocenters. The molecule has 0 radical (unpaired) electrons. The van der Waals surface area contributed by atoms with Gasteiger partial charge in [0.15, 0.2) is 0 Å². The highest BCUT2D eigenvalue weighted by Gasteiger charge is 2.23. The maximum absolute atomic E-state index is 13.3. The van der Waals surface area contributed by atoms with Crippen LogP contribution in [0.3, 0.4) is 0 Å². The minimum atomic E-state index is -0.284. The molecule has 0 aliphatic carbocycles. The zero-order chi connectivity index (χ0) is 11.4. The van der Waals surface area contributed by atoms with E-state index in [1.165, 1.54) is 6.07 Å². The molecule has 0 saturated carbocycles. The van der Waals surface area contributed by atoms with Gasteiger partial charge in [0.05, 0.1) is 6.10 Å². The molecular formula is C12H17FN2O. The standard InChI is InChI=1S/C12H17FN2O/c13-11-4-2-1-3-9(11)5-14-6-10-7-15-8-12(10)16/h1-4,10,12,14-16H,5-8H2. The first-order valence-electron chi connectivity index (χ1n) is 5.60. The molecule has 0 bridgehead atoms.